The SMILES string of the molecule is Cc1cccc(OCCCn2c(C(C)NC(=O)CCc3ccccc3)nc3ccccc32)c1C. The van der Waals surface area contributed by atoms with Crippen molar-refractivity contribution in [2.24, 2.45) is 0 Å². The first-order chi connectivity index (χ1) is 16.5. The molecule has 5 nitrogen and oxygen atoms in total. The van der Waals surface area contributed by atoms with Gasteiger partial charge >= 0.3 is 0 Å². The second-order valence-corrected chi connectivity index (χ2v) is 8.79. The highest BCUT2D eigenvalue weighted by atomic mass is 16.5. The van der Waals surface area contributed by atoms with Gasteiger partial charge in [0, 0.05) is 13.0 Å². The smallest absolute Gasteiger partial charge is 0.220 e. The zero-order chi connectivity index (χ0) is 23.9. The molecule has 0 saturated heterocycles. The van der Waals surface area contributed by atoms with Crippen molar-refractivity contribution in [3.63, 3.8) is 0 Å². The number of para-hydroxylation sites is 2. The van der Waals surface area contributed by atoms with E-state index in [4.69, 9.17) is 9.72 Å². The van der Waals surface area contributed by atoms with Gasteiger partial charge in [0.1, 0.15) is 11.6 Å². The normalized spacial score (nSPS) is 12.0. The number of carbonyl (C=O) groups excluding carboxylic acids is 1. The van der Waals surface area contributed by atoms with Gasteiger partial charge in [-0.2, -0.15) is 0 Å². The van der Waals surface area contributed by atoms with E-state index >= 15 is 0 Å². The van der Waals surface area contributed by atoms with E-state index < -0.39 is 0 Å². The quantitative estimate of drug-likeness (QED) is 0.302. The lowest BCUT2D eigenvalue weighted by molar-refractivity contribution is -0.121. The monoisotopic (exact) mass is 455 g/mol. The molecule has 1 heterocycles. The molecule has 0 aliphatic heterocycles. The number of imidazole rings is 1. The van der Waals surface area contributed by atoms with E-state index in [1.807, 2.05) is 55.5 Å². The van der Waals surface area contributed by atoms with E-state index in [0.717, 1.165) is 42.0 Å². The Kier molecular flexibility index (Phi) is 7.63. The first-order valence-electron chi connectivity index (χ1n) is 12.0. The molecule has 34 heavy (non-hydrogen) atoms. The molecule has 1 atom stereocenters. The van der Waals surface area contributed by atoms with E-state index in [2.05, 4.69) is 48.0 Å². The molecule has 1 N–H and O–H groups in total. The standard InChI is InChI=1S/C29H33N3O2/c1-21-11-9-16-27(22(21)2)34-20-10-19-32-26-15-8-7-14-25(26)31-29(32)23(3)30-28(33)18-17-24-12-5-4-6-13-24/h4-9,11-16,23H,10,17-20H2,1-3H3,(H,30,33). The summed E-state index contributed by atoms with van der Waals surface area (Å²) >= 11 is 0. The molecule has 0 bridgehead atoms. The van der Waals surface area contributed by atoms with E-state index in [9.17, 15) is 4.79 Å². The van der Waals surface area contributed by atoms with Gasteiger partial charge in [-0.3, -0.25) is 4.79 Å². The number of rotatable bonds is 10. The number of nitrogens with one attached hydrogen (secondary N) is 1. The highest BCUT2D eigenvalue weighted by molar-refractivity contribution is 5.78. The topological polar surface area (TPSA) is 56.1 Å². The van der Waals surface area contributed by atoms with Crippen LogP contribution in [-0.4, -0.2) is 22.1 Å². The minimum Gasteiger partial charge on any atom is -0.493 e. The average molecular weight is 456 g/mol. The maximum atomic E-state index is 12.6. The van der Waals surface area contributed by atoms with Gasteiger partial charge < -0.3 is 14.6 Å². The lowest BCUT2D eigenvalue weighted by atomic mass is 10.1. The van der Waals surface area contributed by atoms with Crippen LogP contribution in [0.3, 0.4) is 0 Å². The molecule has 4 rings (SSSR count). The molecular weight excluding hydrogens is 422 g/mol. The zero-order valence-corrected chi connectivity index (χ0v) is 20.3. The number of hydrogen-bond donors (Lipinski definition) is 1. The van der Waals surface area contributed by atoms with Gasteiger partial charge in [-0.1, -0.05) is 54.6 Å². The maximum absolute atomic E-state index is 12.6. The highest BCUT2D eigenvalue weighted by Gasteiger charge is 2.18. The Balaban J connectivity index is 1.40. The van der Waals surface area contributed by atoms with Crippen LogP contribution in [0.15, 0.2) is 72.8 Å². The minimum atomic E-state index is -0.185. The van der Waals surface area contributed by atoms with Crippen molar-refractivity contribution in [1.82, 2.24) is 14.9 Å². The highest BCUT2D eigenvalue weighted by Crippen LogP contribution is 2.23. The van der Waals surface area contributed by atoms with Gasteiger partial charge in [0.15, 0.2) is 0 Å². The predicted octanol–water partition coefficient (Wildman–Crippen LogP) is 5.93. The number of carbonyl (C=O) groups is 1. The van der Waals surface area contributed by atoms with E-state index in [-0.39, 0.29) is 11.9 Å². The number of aryl methyl sites for hydroxylation is 3. The molecule has 3 aromatic carbocycles. The summed E-state index contributed by atoms with van der Waals surface area (Å²) in [6.45, 7) is 7.58. The van der Waals surface area contributed by atoms with Crippen LogP contribution in [0.2, 0.25) is 0 Å². The fraction of sp³-hybridized carbons (Fsp3) is 0.310. The van der Waals surface area contributed by atoms with Gasteiger partial charge in [0.2, 0.25) is 5.91 Å². The second-order valence-electron chi connectivity index (χ2n) is 8.79. The largest absolute Gasteiger partial charge is 0.493 e. The van der Waals surface area contributed by atoms with Gasteiger partial charge in [-0.05, 0) is 68.5 Å². The van der Waals surface area contributed by atoms with Crippen LogP contribution in [0.5, 0.6) is 5.75 Å². The van der Waals surface area contributed by atoms with Crippen molar-refractivity contribution in [2.75, 3.05) is 6.61 Å². The lowest BCUT2D eigenvalue weighted by Gasteiger charge is -2.17. The molecule has 4 aromatic rings. The van der Waals surface area contributed by atoms with Crippen LogP contribution in [0, 0.1) is 13.8 Å². The van der Waals surface area contributed by atoms with Gasteiger partial charge in [0.05, 0.1) is 23.7 Å². The van der Waals surface area contributed by atoms with Crippen LogP contribution in [-0.2, 0) is 17.8 Å². The Labute approximate surface area is 201 Å². The van der Waals surface area contributed by atoms with Crippen molar-refractivity contribution in [2.45, 2.75) is 52.6 Å². The molecule has 0 radical (unpaired) electrons. The first-order valence-corrected chi connectivity index (χ1v) is 12.0. The number of amides is 1. The average Bonchev–Trinajstić information content (AvgIpc) is 3.22. The Bertz CT molecular complexity index is 1250. The molecule has 0 saturated carbocycles. The van der Waals surface area contributed by atoms with Crippen LogP contribution in [0.1, 0.15) is 48.3 Å². The molecule has 0 fully saturated rings. The summed E-state index contributed by atoms with van der Waals surface area (Å²) in [6, 6.07) is 24.2. The summed E-state index contributed by atoms with van der Waals surface area (Å²) in [5, 5.41) is 3.14. The van der Waals surface area contributed by atoms with Crippen molar-refractivity contribution in [1.29, 1.82) is 0 Å². The van der Waals surface area contributed by atoms with E-state index in [0.29, 0.717) is 13.0 Å². The molecule has 0 spiro atoms. The molecule has 1 aromatic heterocycles. The summed E-state index contributed by atoms with van der Waals surface area (Å²) in [4.78, 5) is 17.5. The van der Waals surface area contributed by atoms with E-state index in [1.165, 1.54) is 16.7 Å². The fourth-order valence-corrected chi connectivity index (χ4v) is 4.23. The van der Waals surface area contributed by atoms with Gasteiger partial charge in [0.25, 0.3) is 0 Å². The number of fused-ring (bicyclic) bond motifs is 1. The number of nitrogens with zero attached hydrogens (tertiary/aromatic N) is 2. The van der Waals surface area contributed by atoms with Crippen LogP contribution in [0.25, 0.3) is 11.0 Å². The summed E-state index contributed by atoms with van der Waals surface area (Å²) in [6.07, 6.45) is 2.03. The lowest BCUT2D eigenvalue weighted by Crippen LogP contribution is -2.29. The molecule has 176 valence electrons. The zero-order valence-electron chi connectivity index (χ0n) is 20.3. The second kappa shape index (κ2) is 11.0. The van der Waals surface area contributed by atoms with Crippen LogP contribution >= 0.6 is 0 Å². The molecule has 1 unspecified atom stereocenters. The number of ether oxygens (including phenoxy) is 1. The third-order valence-electron chi connectivity index (χ3n) is 6.27. The molecule has 0 aliphatic rings. The van der Waals surface area contributed by atoms with Crippen molar-refractivity contribution in [3.8, 4) is 5.75 Å². The summed E-state index contributed by atoms with van der Waals surface area (Å²) < 4.78 is 8.28. The minimum absolute atomic E-state index is 0.0354. The Morgan fingerprint density at radius 3 is 2.59 bits per heavy atom. The van der Waals surface area contributed by atoms with Crippen LogP contribution in [0.4, 0.5) is 0 Å². The predicted molar refractivity (Wildman–Crippen MR) is 137 cm³/mol. The molecule has 1 amide bonds. The number of benzene rings is 3. The fourth-order valence-electron chi connectivity index (χ4n) is 4.23. The van der Waals surface area contributed by atoms with Crippen LogP contribution < -0.4 is 10.1 Å². The molecule has 5 heteroatoms. The van der Waals surface area contributed by atoms with E-state index in [1.54, 1.807) is 0 Å². The number of hydrogen-bond acceptors (Lipinski definition) is 3. The van der Waals surface area contributed by atoms with Gasteiger partial charge in [-0.25, -0.2) is 4.98 Å². The van der Waals surface area contributed by atoms with Crippen molar-refractivity contribution >= 4 is 16.9 Å². The maximum Gasteiger partial charge on any atom is 0.220 e. The van der Waals surface area contributed by atoms with Gasteiger partial charge in [-0.15, -0.1) is 0 Å². The third kappa shape index (κ3) is 5.66. The summed E-state index contributed by atoms with van der Waals surface area (Å²) in [7, 11) is 0. The molecule has 0 aliphatic carbocycles. The van der Waals surface area contributed by atoms with Crippen molar-refractivity contribution < 1.29 is 9.53 Å². The van der Waals surface area contributed by atoms with Crippen molar-refractivity contribution in [3.05, 3.63) is 95.3 Å². The summed E-state index contributed by atoms with van der Waals surface area (Å²) in [5.41, 5.74) is 5.61. The third-order valence-corrected chi connectivity index (χ3v) is 6.27. The number of aromatic nitrogens is 2. The first kappa shape index (κ1) is 23.6. The Morgan fingerprint density at radius 2 is 1.76 bits per heavy atom. The summed E-state index contributed by atoms with van der Waals surface area (Å²) in [5.74, 6) is 1.85. The Hall–Kier alpha value is -3.60. The Morgan fingerprint density at radius 1 is 1.00 bits per heavy atom. The molecular formula is C29H33N3O2.